The van der Waals surface area contributed by atoms with Crippen LogP contribution in [-0.2, 0) is 0 Å². The first-order valence-electron chi connectivity index (χ1n) is 7.13. The van der Waals surface area contributed by atoms with Crippen LogP contribution in [0.2, 0.25) is 20.1 Å². The van der Waals surface area contributed by atoms with E-state index in [0.29, 0.717) is 25.8 Å². The number of amides is 1. The van der Waals surface area contributed by atoms with Crippen molar-refractivity contribution < 1.29 is 9.53 Å². The molecule has 9 heteroatoms. The monoisotopic (exact) mass is 427 g/mol. The number of aromatic nitrogens is 2. The van der Waals surface area contributed by atoms with Gasteiger partial charge in [0.25, 0.3) is 5.91 Å². The fourth-order valence-electron chi connectivity index (χ4n) is 2.04. The molecular formula is C17H9Cl4N3O2. The van der Waals surface area contributed by atoms with Crippen molar-refractivity contribution in [3.63, 3.8) is 0 Å². The van der Waals surface area contributed by atoms with E-state index in [-0.39, 0.29) is 17.2 Å². The highest BCUT2D eigenvalue weighted by Gasteiger charge is 2.17. The number of hydrogen-bond acceptors (Lipinski definition) is 4. The lowest BCUT2D eigenvalue weighted by atomic mass is 10.2. The zero-order valence-electron chi connectivity index (χ0n) is 12.8. The highest BCUT2D eigenvalue weighted by Crippen LogP contribution is 2.32. The van der Waals surface area contributed by atoms with E-state index in [9.17, 15) is 4.79 Å². The molecule has 0 aliphatic carbocycles. The molecule has 0 radical (unpaired) electrons. The minimum Gasteiger partial charge on any atom is -0.436 e. The van der Waals surface area contributed by atoms with Crippen LogP contribution in [-0.4, -0.2) is 15.9 Å². The molecule has 0 atom stereocenters. The summed E-state index contributed by atoms with van der Waals surface area (Å²) in [6.07, 6.45) is 2.57. The summed E-state index contributed by atoms with van der Waals surface area (Å²) in [6.45, 7) is 0. The normalized spacial score (nSPS) is 10.5. The number of hydrogen-bond donors (Lipinski definition) is 1. The summed E-state index contributed by atoms with van der Waals surface area (Å²) in [6, 6.07) is 9.39. The predicted octanol–water partition coefficient (Wildman–Crippen LogP) is 6.13. The maximum Gasteiger partial charge on any atom is 0.262 e. The number of rotatable bonds is 4. The molecule has 132 valence electrons. The van der Waals surface area contributed by atoms with Crippen LogP contribution in [0, 0.1) is 0 Å². The first-order valence-corrected chi connectivity index (χ1v) is 8.64. The number of benzene rings is 2. The number of carbonyl (C=O) groups is 1. The molecule has 26 heavy (non-hydrogen) atoms. The summed E-state index contributed by atoms with van der Waals surface area (Å²) >= 11 is 23.9. The fraction of sp³-hybridized carbons (Fsp3) is 0. The van der Waals surface area contributed by atoms with Gasteiger partial charge in [0, 0.05) is 33.0 Å². The van der Waals surface area contributed by atoms with Gasteiger partial charge in [-0.1, -0.05) is 46.4 Å². The van der Waals surface area contributed by atoms with Gasteiger partial charge in [-0.15, -0.1) is 0 Å². The number of anilines is 1. The van der Waals surface area contributed by atoms with Crippen molar-refractivity contribution in [2.45, 2.75) is 0 Å². The Balaban J connectivity index is 1.88. The highest BCUT2D eigenvalue weighted by molar-refractivity contribution is 6.35. The van der Waals surface area contributed by atoms with Crippen LogP contribution in [0.5, 0.6) is 11.6 Å². The molecule has 3 aromatic rings. The van der Waals surface area contributed by atoms with E-state index in [1.54, 1.807) is 30.3 Å². The van der Waals surface area contributed by atoms with Gasteiger partial charge in [-0.25, -0.2) is 9.97 Å². The van der Waals surface area contributed by atoms with Crippen LogP contribution in [0.15, 0.2) is 48.9 Å². The molecule has 0 fully saturated rings. The minimum atomic E-state index is -0.503. The molecule has 3 rings (SSSR count). The maximum atomic E-state index is 12.6. The Morgan fingerprint density at radius 3 is 2.42 bits per heavy atom. The molecule has 1 N–H and O–H groups in total. The molecule has 0 saturated heterocycles. The quantitative estimate of drug-likeness (QED) is 0.542. The van der Waals surface area contributed by atoms with Gasteiger partial charge in [-0.2, -0.15) is 0 Å². The molecule has 2 aromatic carbocycles. The Morgan fingerprint density at radius 1 is 0.962 bits per heavy atom. The van der Waals surface area contributed by atoms with Gasteiger partial charge in [-0.05, 0) is 30.3 Å². The Hall–Kier alpha value is -2.05. The maximum absolute atomic E-state index is 12.6. The minimum absolute atomic E-state index is 0.0230. The molecule has 0 spiro atoms. The third-order valence-corrected chi connectivity index (χ3v) is 4.12. The van der Waals surface area contributed by atoms with Gasteiger partial charge in [0.1, 0.15) is 17.6 Å². The van der Waals surface area contributed by atoms with Gasteiger partial charge in [0.05, 0.1) is 5.02 Å². The molecule has 1 heterocycles. The topological polar surface area (TPSA) is 64.1 Å². The van der Waals surface area contributed by atoms with Crippen molar-refractivity contribution in [1.82, 2.24) is 9.97 Å². The number of carbonyl (C=O) groups excluding carboxylic acids is 1. The molecule has 0 bridgehead atoms. The standard InChI is InChI=1S/C17H9Cl4N3O2/c18-9-1-2-14(21)15(6-9)26-17-13(7-22-8-23-17)16(25)24-12-4-10(19)3-11(20)5-12/h1-8H,(H,24,25). The summed E-state index contributed by atoms with van der Waals surface area (Å²) in [5.41, 5.74) is 0.516. The van der Waals surface area contributed by atoms with Crippen LogP contribution in [0.25, 0.3) is 0 Å². The first-order chi connectivity index (χ1) is 12.4. The second-order valence-corrected chi connectivity index (χ2v) is 6.75. The smallest absolute Gasteiger partial charge is 0.262 e. The van der Waals surface area contributed by atoms with E-state index in [4.69, 9.17) is 51.1 Å². The van der Waals surface area contributed by atoms with Crippen molar-refractivity contribution in [2.24, 2.45) is 0 Å². The number of nitrogens with zero attached hydrogens (tertiary/aromatic N) is 2. The first kappa shape index (κ1) is 18.7. The Kier molecular flexibility index (Phi) is 5.84. The van der Waals surface area contributed by atoms with Gasteiger partial charge < -0.3 is 10.1 Å². The van der Waals surface area contributed by atoms with Gasteiger partial charge in [0.15, 0.2) is 0 Å². The summed E-state index contributed by atoms with van der Waals surface area (Å²) in [4.78, 5) is 20.4. The Labute approximate surface area is 168 Å². The number of ether oxygens (including phenoxy) is 1. The molecule has 0 saturated carbocycles. The zero-order valence-corrected chi connectivity index (χ0v) is 15.9. The van der Waals surface area contributed by atoms with Crippen molar-refractivity contribution in [1.29, 1.82) is 0 Å². The number of halogens is 4. The van der Waals surface area contributed by atoms with Crippen molar-refractivity contribution >= 4 is 58.0 Å². The average Bonchev–Trinajstić information content (AvgIpc) is 2.57. The fourth-order valence-corrected chi connectivity index (χ4v) is 2.88. The van der Waals surface area contributed by atoms with E-state index >= 15 is 0 Å². The molecule has 1 aromatic heterocycles. The van der Waals surface area contributed by atoms with Crippen molar-refractivity contribution in [3.8, 4) is 11.6 Å². The van der Waals surface area contributed by atoms with Crippen molar-refractivity contribution in [3.05, 3.63) is 74.6 Å². The second kappa shape index (κ2) is 8.10. The van der Waals surface area contributed by atoms with Crippen LogP contribution in [0.3, 0.4) is 0 Å². The van der Waals surface area contributed by atoms with Gasteiger partial charge >= 0.3 is 0 Å². The third kappa shape index (κ3) is 4.56. The largest absolute Gasteiger partial charge is 0.436 e. The Bertz CT molecular complexity index is 962. The molecule has 5 nitrogen and oxygen atoms in total. The molecular weight excluding hydrogens is 420 g/mol. The summed E-state index contributed by atoms with van der Waals surface area (Å²) in [7, 11) is 0. The third-order valence-electron chi connectivity index (χ3n) is 3.14. The van der Waals surface area contributed by atoms with Gasteiger partial charge in [0.2, 0.25) is 5.88 Å². The molecule has 0 unspecified atom stereocenters. The van der Waals surface area contributed by atoms with E-state index in [0.717, 1.165) is 0 Å². The predicted molar refractivity (Wildman–Crippen MR) is 103 cm³/mol. The van der Waals surface area contributed by atoms with E-state index in [1.807, 2.05) is 0 Å². The lowest BCUT2D eigenvalue weighted by molar-refractivity contribution is 0.102. The van der Waals surface area contributed by atoms with Crippen molar-refractivity contribution in [2.75, 3.05) is 5.32 Å². The van der Waals surface area contributed by atoms with E-state index < -0.39 is 5.91 Å². The van der Waals surface area contributed by atoms with E-state index in [1.165, 1.54) is 18.6 Å². The van der Waals surface area contributed by atoms with Crippen LogP contribution < -0.4 is 10.1 Å². The second-order valence-electron chi connectivity index (χ2n) is 5.03. The SMILES string of the molecule is O=C(Nc1cc(Cl)cc(Cl)c1)c1cncnc1Oc1cc(Cl)ccc1Cl. The van der Waals surface area contributed by atoms with E-state index in [2.05, 4.69) is 15.3 Å². The number of nitrogens with one attached hydrogen (secondary N) is 1. The molecule has 0 aliphatic rings. The summed E-state index contributed by atoms with van der Waals surface area (Å²) in [5.74, 6) is -0.218. The lowest BCUT2D eigenvalue weighted by Gasteiger charge is -2.11. The van der Waals surface area contributed by atoms with Crippen LogP contribution in [0.4, 0.5) is 5.69 Å². The average molecular weight is 429 g/mol. The molecule has 0 aliphatic heterocycles. The van der Waals surface area contributed by atoms with Crippen LogP contribution >= 0.6 is 46.4 Å². The Morgan fingerprint density at radius 2 is 1.69 bits per heavy atom. The highest BCUT2D eigenvalue weighted by atomic mass is 35.5. The zero-order chi connectivity index (χ0) is 18.7. The van der Waals surface area contributed by atoms with Gasteiger partial charge in [-0.3, -0.25) is 4.79 Å². The van der Waals surface area contributed by atoms with Crippen LogP contribution in [0.1, 0.15) is 10.4 Å². The lowest BCUT2D eigenvalue weighted by Crippen LogP contribution is -2.14. The summed E-state index contributed by atoms with van der Waals surface area (Å²) < 4.78 is 5.65. The molecule has 1 amide bonds. The summed E-state index contributed by atoms with van der Waals surface area (Å²) in [5, 5.41) is 4.19.